The summed E-state index contributed by atoms with van der Waals surface area (Å²) in [5.41, 5.74) is 2.54. The Morgan fingerprint density at radius 3 is 2.60 bits per heavy atom. The molecule has 2 N–H and O–H groups in total. The molecule has 1 saturated heterocycles. The van der Waals surface area contributed by atoms with Crippen LogP contribution in [0.5, 0.6) is 0 Å². The van der Waals surface area contributed by atoms with Gasteiger partial charge in [0.05, 0.1) is 0 Å². The molecule has 3 rings (SSSR count). The van der Waals surface area contributed by atoms with Gasteiger partial charge in [-0.3, -0.25) is 9.89 Å². The van der Waals surface area contributed by atoms with Gasteiger partial charge in [-0.1, -0.05) is 38.1 Å². The molecule has 2 heterocycles. The van der Waals surface area contributed by atoms with Crippen LogP contribution in [0.3, 0.4) is 0 Å². The van der Waals surface area contributed by atoms with Gasteiger partial charge < -0.3 is 15.5 Å². The molecule has 162 valence electrons. The Morgan fingerprint density at radius 1 is 1.20 bits per heavy atom. The van der Waals surface area contributed by atoms with Crippen LogP contribution in [0.4, 0.5) is 10.2 Å². The molecule has 30 heavy (non-hydrogen) atoms. The number of hydrogen-bond donors (Lipinski definition) is 2. The Labute approximate surface area is 179 Å². The molecule has 0 spiro atoms. The third kappa shape index (κ3) is 5.92. The summed E-state index contributed by atoms with van der Waals surface area (Å²) >= 11 is 0. The average Bonchev–Trinajstić information content (AvgIpc) is 3.24. The summed E-state index contributed by atoms with van der Waals surface area (Å²) in [6, 6.07) is 12.0. The van der Waals surface area contributed by atoms with Gasteiger partial charge in [-0.25, -0.2) is 9.37 Å². The van der Waals surface area contributed by atoms with Crippen molar-refractivity contribution in [2.24, 2.45) is 4.99 Å². The summed E-state index contributed by atoms with van der Waals surface area (Å²) in [6.07, 6.45) is 2.55. The van der Waals surface area contributed by atoms with Crippen LogP contribution in [0.2, 0.25) is 0 Å². The average molecular weight is 413 g/mol. The second kappa shape index (κ2) is 10.9. The number of halogens is 1. The van der Waals surface area contributed by atoms with Crippen molar-refractivity contribution in [3.63, 3.8) is 0 Å². The highest BCUT2D eigenvalue weighted by Gasteiger charge is 2.25. The van der Waals surface area contributed by atoms with Crippen LogP contribution < -0.4 is 15.5 Å². The lowest BCUT2D eigenvalue weighted by Crippen LogP contribution is -2.44. The fraction of sp³-hybridized carbons (Fsp3) is 0.478. The number of nitrogens with one attached hydrogen (secondary N) is 2. The molecular formula is C23H33FN6. The Morgan fingerprint density at radius 2 is 1.93 bits per heavy atom. The number of pyridine rings is 1. The first kappa shape index (κ1) is 22.0. The maximum absolute atomic E-state index is 14.0. The normalized spacial score (nSPS) is 16.9. The van der Waals surface area contributed by atoms with Crippen molar-refractivity contribution < 1.29 is 4.39 Å². The first-order valence-corrected chi connectivity index (χ1v) is 10.8. The smallest absolute Gasteiger partial charge is 0.191 e. The molecule has 7 heteroatoms. The minimum absolute atomic E-state index is 0.203. The molecule has 0 aliphatic carbocycles. The van der Waals surface area contributed by atoms with Crippen LogP contribution in [0.1, 0.15) is 31.4 Å². The van der Waals surface area contributed by atoms with Gasteiger partial charge >= 0.3 is 0 Å². The topological polar surface area (TPSA) is 55.8 Å². The first-order valence-electron chi connectivity index (χ1n) is 10.8. The Balaban J connectivity index is 1.48. The van der Waals surface area contributed by atoms with Crippen LogP contribution in [0.15, 0.2) is 47.6 Å². The van der Waals surface area contributed by atoms with Crippen molar-refractivity contribution in [2.75, 3.05) is 38.1 Å². The zero-order chi connectivity index (χ0) is 21.3. The number of aromatic nitrogens is 1. The lowest BCUT2D eigenvalue weighted by Gasteiger charge is -2.20. The number of rotatable bonds is 8. The van der Waals surface area contributed by atoms with Gasteiger partial charge in [0, 0.05) is 45.5 Å². The highest BCUT2D eigenvalue weighted by atomic mass is 19.1. The lowest BCUT2D eigenvalue weighted by atomic mass is 10.1. The van der Waals surface area contributed by atoms with E-state index in [0.717, 1.165) is 38.6 Å². The van der Waals surface area contributed by atoms with E-state index in [-0.39, 0.29) is 11.9 Å². The van der Waals surface area contributed by atoms with Crippen molar-refractivity contribution in [2.45, 2.75) is 39.4 Å². The SMILES string of the molecule is CCN(CC)Cc1ccc(CNC(=NC)NC2CCN(c3ncccc3F)C2)cc1. The Hall–Kier alpha value is -2.67. The molecule has 0 radical (unpaired) electrons. The van der Waals surface area contributed by atoms with E-state index >= 15 is 0 Å². The summed E-state index contributed by atoms with van der Waals surface area (Å²) in [6.45, 7) is 9.68. The van der Waals surface area contributed by atoms with E-state index in [1.807, 2.05) is 4.90 Å². The predicted molar refractivity (Wildman–Crippen MR) is 121 cm³/mol. The number of anilines is 1. The highest BCUT2D eigenvalue weighted by Crippen LogP contribution is 2.20. The summed E-state index contributed by atoms with van der Waals surface area (Å²) in [4.78, 5) is 12.9. The molecule has 1 aliphatic rings. The van der Waals surface area contributed by atoms with Crippen LogP contribution in [0.25, 0.3) is 0 Å². The van der Waals surface area contributed by atoms with Gasteiger partial charge in [0.2, 0.25) is 0 Å². The monoisotopic (exact) mass is 412 g/mol. The number of aliphatic imine (C=N–C) groups is 1. The molecule has 1 unspecified atom stereocenters. The predicted octanol–water partition coefficient (Wildman–Crippen LogP) is 3.01. The summed E-state index contributed by atoms with van der Waals surface area (Å²) in [5, 5.41) is 6.83. The quantitative estimate of drug-likeness (QED) is 0.516. The van der Waals surface area contributed by atoms with Crippen LogP contribution in [0, 0.1) is 5.82 Å². The standard InChI is InChI=1S/C23H33FN6/c1-4-29(5-2)16-19-10-8-18(9-11-19)15-27-23(25-3)28-20-12-14-30(17-20)22-21(24)7-6-13-26-22/h6-11,13,20H,4-5,12,14-17H2,1-3H3,(H2,25,27,28). The minimum atomic E-state index is -0.273. The fourth-order valence-corrected chi connectivity index (χ4v) is 3.72. The van der Waals surface area contributed by atoms with Gasteiger partial charge in [-0.05, 0) is 42.8 Å². The molecular weight excluding hydrogens is 379 g/mol. The molecule has 1 atom stereocenters. The van der Waals surface area contributed by atoms with Crippen molar-refractivity contribution >= 4 is 11.8 Å². The second-order valence-electron chi connectivity index (χ2n) is 7.59. The number of guanidine groups is 1. The molecule has 1 aliphatic heterocycles. The molecule has 2 aromatic rings. The molecule has 0 saturated carbocycles. The lowest BCUT2D eigenvalue weighted by molar-refractivity contribution is 0.296. The van der Waals surface area contributed by atoms with Gasteiger partial charge in [0.25, 0.3) is 0 Å². The van der Waals surface area contributed by atoms with Gasteiger partial charge in [0.15, 0.2) is 17.6 Å². The number of benzene rings is 1. The summed E-state index contributed by atoms with van der Waals surface area (Å²) in [5.74, 6) is 0.912. The largest absolute Gasteiger partial charge is 0.352 e. The maximum atomic E-state index is 14.0. The molecule has 1 fully saturated rings. The van der Waals surface area contributed by atoms with E-state index in [1.54, 1.807) is 19.3 Å². The third-order valence-electron chi connectivity index (χ3n) is 5.57. The fourth-order valence-electron chi connectivity index (χ4n) is 3.72. The van der Waals surface area contributed by atoms with Crippen molar-refractivity contribution in [1.82, 2.24) is 20.5 Å². The highest BCUT2D eigenvalue weighted by molar-refractivity contribution is 5.80. The van der Waals surface area contributed by atoms with Crippen molar-refractivity contribution in [3.8, 4) is 0 Å². The van der Waals surface area contributed by atoms with Crippen molar-refractivity contribution in [3.05, 3.63) is 59.5 Å². The molecule has 0 amide bonds. The summed E-state index contributed by atoms with van der Waals surface area (Å²) < 4.78 is 14.0. The Kier molecular flexibility index (Phi) is 8.02. The molecule has 1 aromatic heterocycles. The van der Waals surface area contributed by atoms with E-state index in [4.69, 9.17) is 0 Å². The van der Waals surface area contributed by atoms with E-state index in [0.29, 0.717) is 18.9 Å². The minimum Gasteiger partial charge on any atom is -0.352 e. The molecule has 0 bridgehead atoms. The second-order valence-corrected chi connectivity index (χ2v) is 7.59. The first-order chi connectivity index (χ1) is 14.6. The van der Waals surface area contributed by atoms with E-state index in [2.05, 4.69) is 63.6 Å². The Bertz CT molecular complexity index is 819. The van der Waals surface area contributed by atoms with Gasteiger partial charge in [-0.15, -0.1) is 0 Å². The van der Waals surface area contributed by atoms with E-state index in [1.165, 1.54) is 17.2 Å². The van der Waals surface area contributed by atoms with E-state index < -0.39 is 0 Å². The third-order valence-corrected chi connectivity index (χ3v) is 5.57. The summed E-state index contributed by atoms with van der Waals surface area (Å²) in [7, 11) is 1.77. The van der Waals surface area contributed by atoms with Crippen molar-refractivity contribution in [1.29, 1.82) is 0 Å². The van der Waals surface area contributed by atoms with E-state index in [9.17, 15) is 4.39 Å². The van der Waals surface area contributed by atoms with Crippen LogP contribution in [-0.2, 0) is 13.1 Å². The molecule has 6 nitrogen and oxygen atoms in total. The van der Waals surface area contributed by atoms with Crippen LogP contribution in [-0.4, -0.2) is 55.1 Å². The van der Waals surface area contributed by atoms with Gasteiger partial charge in [-0.2, -0.15) is 0 Å². The zero-order valence-corrected chi connectivity index (χ0v) is 18.2. The number of nitrogens with zero attached hydrogens (tertiary/aromatic N) is 4. The molecule has 1 aromatic carbocycles. The van der Waals surface area contributed by atoms with Crippen LogP contribution >= 0.6 is 0 Å². The number of hydrogen-bond acceptors (Lipinski definition) is 4. The zero-order valence-electron chi connectivity index (χ0n) is 18.2. The van der Waals surface area contributed by atoms with Gasteiger partial charge in [0.1, 0.15) is 0 Å². The maximum Gasteiger partial charge on any atom is 0.191 e.